The zero-order chi connectivity index (χ0) is 26.2. The second-order valence-corrected chi connectivity index (χ2v) is 9.79. The first kappa shape index (κ1) is 26.7. The summed E-state index contributed by atoms with van der Waals surface area (Å²) in [6.45, 7) is 0. The Morgan fingerprint density at radius 1 is 0.333 bits per heavy atom. The molecule has 0 saturated carbocycles. The van der Waals surface area contributed by atoms with Crippen LogP contribution in [0.15, 0.2) is 97.1 Å². The second kappa shape index (κ2) is 10.3. The molecule has 8 bridgehead atoms. The molecule has 0 saturated heterocycles. The SMILES string of the molecule is [Ca+2].[Cl-].c1ccc2c(c1)-c1nc-2nc2[nH]c(nc3nc(nc4[nH]c(n1)c1ccccc41)-c1ccccc1-3)c1ccccc21. The molecule has 2 aliphatic rings. The van der Waals surface area contributed by atoms with Gasteiger partial charge in [0.2, 0.25) is 0 Å². The van der Waals surface area contributed by atoms with E-state index in [2.05, 4.69) is 9.97 Å². The van der Waals surface area contributed by atoms with Gasteiger partial charge in [0, 0.05) is 43.8 Å². The summed E-state index contributed by atoms with van der Waals surface area (Å²) >= 11 is 0. The molecule has 0 fully saturated rings. The molecule has 0 aliphatic carbocycles. The number of rotatable bonds is 0. The second-order valence-electron chi connectivity index (χ2n) is 9.79. The summed E-state index contributed by atoms with van der Waals surface area (Å²) < 4.78 is 0. The number of hydrogen-bond acceptors (Lipinski definition) is 6. The van der Waals surface area contributed by atoms with Gasteiger partial charge in [0.05, 0.1) is 0 Å². The summed E-state index contributed by atoms with van der Waals surface area (Å²) in [7, 11) is 0. The third-order valence-corrected chi connectivity index (χ3v) is 7.46. The quantitative estimate of drug-likeness (QED) is 0.262. The first-order chi connectivity index (χ1) is 19.8. The summed E-state index contributed by atoms with van der Waals surface area (Å²) in [5, 5.41) is 3.82. The number of hydrogen-bond donors (Lipinski definition) is 2. The summed E-state index contributed by atoms with van der Waals surface area (Å²) in [6, 6.07) is 32.2. The van der Waals surface area contributed by atoms with E-state index in [1.807, 2.05) is 97.1 Å². The van der Waals surface area contributed by atoms with Crippen molar-refractivity contribution >= 4 is 81.9 Å². The van der Waals surface area contributed by atoms with Crippen molar-refractivity contribution in [3.63, 3.8) is 0 Å². The molecule has 4 aromatic carbocycles. The Morgan fingerprint density at radius 2 is 0.571 bits per heavy atom. The molecule has 2 N–H and O–H groups in total. The van der Waals surface area contributed by atoms with E-state index in [1.165, 1.54) is 0 Å². The molecular weight excluding hydrogens is 572 g/mol. The largest absolute Gasteiger partial charge is 2.00 e. The maximum atomic E-state index is 5.02. The minimum absolute atomic E-state index is 0. The van der Waals surface area contributed by atoms with Gasteiger partial charge in [0.25, 0.3) is 0 Å². The Bertz CT molecular complexity index is 2040. The number of nitrogens with zero attached hydrogens (tertiary/aromatic N) is 6. The maximum Gasteiger partial charge on any atom is 2.00 e. The van der Waals surface area contributed by atoms with E-state index in [1.54, 1.807) is 0 Å². The van der Waals surface area contributed by atoms with Crippen LogP contribution in [0.25, 0.3) is 89.7 Å². The van der Waals surface area contributed by atoms with Gasteiger partial charge in [0.15, 0.2) is 23.3 Å². The Kier molecular flexibility index (Phi) is 6.51. The van der Waals surface area contributed by atoms with Crippen molar-refractivity contribution in [1.82, 2.24) is 39.9 Å². The van der Waals surface area contributed by atoms with Crippen LogP contribution in [-0.4, -0.2) is 77.6 Å². The molecular formula is C32H18CaClN8+. The van der Waals surface area contributed by atoms with Crippen LogP contribution in [0.5, 0.6) is 0 Å². The summed E-state index contributed by atoms with van der Waals surface area (Å²) in [6.07, 6.45) is 0. The van der Waals surface area contributed by atoms with Crippen LogP contribution in [0, 0.1) is 0 Å². The van der Waals surface area contributed by atoms with Crippen LogP contribution >= 0.6 is 0 Å². The van der Waals surface area contributed by atoms with Gasteiger partial charge < -0.3 is 22.4 Å². The Balaban J connectivity index is 0.00000144. The van der Waals surface area contributed by atoms with Gasteiger partial charge in [-0.05, 0) is 0 Å². The molecule has 0 radical (unpaired) electrons. The van der Waals surface area contributed by atoms with E-state index in [9.17, 15) is 0 Å². The zero-order valence-electron chi connectivity index (χ0n) is 22.0. The van der Waals surface area contributed by atoms with Crippen molar-refractivity contribution in [2.45, 2.75) is 0 Å². The number of benzene rings is 4. The van der Waals surface area contributed by atoms with Crippen molar-refractivity contribution in [2.24, 2.45) is 0 Å². The van der Waals surface area contributed by atoms with Gasteiger partial charge >= 0.3 is 37.7 Å². The molecule has 3 aromatic heterocycles. The van der Waals surface area contributed by atoms with Crippen LogP contribution in [0.3, 0.4) is 0 Å². The fourth-order valence-corrected chi connectivity index (χ4v) is 5.59. The maximum absolute atomic E-state index is 5.02. The van der Waals surface area contributed by atoms with Crippen molar-refractivity contribution < 1.29 is 12.4 Å². The van der Waals surface area contributed by atoms with Gasteiger partial charge in [0.1, 0.15) is 22.6 Å². The van der Waals surface area contributed by atoms with Crippen molar-refractivity contribution in [3.8, 4) is 45.6 Å². The van der Waals surface area contributed by atoms with Crippen molar-refractivity contribution in [2.75, 3.05) is 0 Å². The van der Waals surface area contributed by atoms with Gasteiger partial charge in [-0.1, -0.05) is 97.1 Å². The van der Waals surface area contributed by atoms with E-state index in [-0.39, 0.29) is 50.1 Å². The molecule has 42 heavy (non-hydrogen) atoms. The normalized spacial score (nSPS) is 11.4. The topological polar surface area (TPSA) is 109 Å². The summed E-state index contributed by atoms with van der Waals surface area (Å²) in [5.74, 6) is 2.39. The summed E-state index contributed by atoms with van der Waals surface area (Å²) in [5.41, 5.74) is 6.45. The van der Waals surface area contributed by atoms with Crippen LogP contribution in [0.4, 0.5) is 0 Å². The van der Waals surface area contributed by atoms with Crippen LogP contribution in [-0.2, 0) is 0 Å². The predicted molar refractivity (Wildman–Crippen MR) is 162 cm³/mol. The van der Waals surface area contributed by atoms with Crippen LogP contribution < -0.4 is 12.4 Å². The molecule has 0 spiro atoms. The molecule has 8 nitrogen and oxygen atoms in total. The van der Waals surface area contributed by atoms with Crippen LogP contribution in [0.1, 0.15) is 0 Å². The van der Waals surface area contributed by atoms with Gasteiger partial charge in [-0.25, -0.2) is 29.9 Å². The standard InChI is InChI=1S/C32H18N8.Ca.ClH/c1-2-10-18-17(9-1)25-33-26(18)38-28-21-13-5-6-14-22(21)30(35-28)40-32-24-16-8-7-15-23(24)31(36-32)39-29-20-12-4-3-11-19(20)27(34-29)37-25;;/h1-16H,(H2,33,34,35,36,37,38,39,40);;1H/q;+2;/p-1. The Labute approximate surface area is 274 Å². The van der Waals surface area contributed by atoms with Crippen LogP contribution in [0.2, 0.25) is 0 Å². The third kappa shape index (κ3) is 4.02. The molecule has 0 unspecified atom stereocenters. The number of aromatic nitrogens is 8. The number of H-pyrrole nitrogens is 2. The fraction of sp³-hybridized carbons (Fsp3) is 0. The molecule has 7 aromatic rings. The van der Waals surface area contributed by atoms with Gasteiger partial charge in [-0.2, -0.15) is 0 Å². The van der Waals surface area contributed by atoms with E-state index in [0.717, 1.165) is 43.8 Å². The third-order valence-electron chi connectivity index (χ3n) is 7.46. The zero-order valence-corrected chi connectivity index (χ0v) is 25.0. The minimum Gasteiger partial charge on any atom is -1.00 e. The predicted octanol–water partition coefficient (Wildman–Crippen LogP) is 3.49. The first-order valence-corrected chi connectivity index (χ1v) is 13.0. The van der Waals surface area contributed by atoms with Gasteiger partial charge in [-0.15, -0.1) is 0 Å². The molecule has 0 atom stereocenters. The Hall–Kier alpha value is -4.21. The van der Waals surface area contributed by atoms with E-state index < -0.39 is 0 Å². The molecule has 5 heterocycles. The Morgan fingerprint density at radius 3 is 0.833 bits per heavy atom. The van der Waals surface area contributed by atoms with Gasteiger partial charge in [-0.3, -0.25) is 0 Å². The fourth-order valence-electron chi connectivity index (χ4n) is 5.59. The molecule has 2 aliphatic heterocycles. The van der Waals surface area contributed by atoms with Crippen molar-refractivity contribution in [3.05, 3.63) is 97.1 Å². The van der Waals surface area contributed by atoms with E-state index in [0.29, 0.717) is 45.9 Å². The molecule has 0 amide bonds. The monoisotopic (exact) mass is 589 g/mol. The molecule has 9 rings (SSSR count). The first-order valence-electron chi connectivity index (χ1n) is 13.0. The van der Waals surface area contributed by atoms with E-state index >= 15 is 0 Å². The number of halogens is 1. The number of fused-ring (bicyclic) bond motifs is 20. The average molecular weight is 590 g/mol. The smallest absolute Gasteiger partial charge is 1.00 e. The number of aromatic amines is 2. The minimum atomic E-state index is 0. The molecule has 10 heteroatoms. The number of nitrogens with one attached hydrogen (secondary N) is 2. The summed E-state index contributed by atoms with van der Waals surface area (Å²) in [4.78, 5) is 36.8. The van der Waals surface area contributed by atoms with Crippen molar-refractivity contribution in [1.29, 1.82) is 0 Å². The molecule has 194 valence electrons. The average Bonchev–Trinajstić information content (AvgIpc) is 3.73. The van der Waals surface area contributed by atoms with E-state index in [4.69, 9.17) is 29.9 Å².